The Morgan fingerprint density at radius 1 is 1.15 bits per heavy atom. The number of hydrogen-bond acceptors (Lipinski definition) is 4. The van der Waals surface area contributed by atoms with Crippen LogP contribution in [0.1, 0.15) is 5.56 Å². The maximum Gasteiger partial charge on any atom is 0.191 e. The van der Waals surface area contributed by atoms with E-state index >= 15 is 0 Å². The van der Waals surface area contributed by atoms with Gasteiger partial charge in [0, 0.05) is 5.56 Å². The van der Waals surface area contributed by atoms with Crippen LogP contribution in [0.15, 0.2) is 24.3 Å². The first-order valence-electron chi connectivity index (χ1n) is 3.80. The molecule has 0 radical (unpaired) electrons. The topological polar surface area (TPSA) is 12.9 Å². The summed E-state index contributed by atoms with van der Waals surface area (Å²) in [7, 11) is 3.18. The van der Waals surface area contributed by atoms with Crippen molar-refractivity contribution in [1.82, 2.24) is 4.98 Å². The highest BCUT2D eigenvalue weighted by Crippen LogP contribution is 2.25. The largest absolute Gasteiger partial charge is 0.214 e. The molecule has 66 valence electrons. The molecule has 1 aromatic heterocycles. The fourth-order valence-electron chi connectivity index (χ4n) is 1.00. The predicted octanol–water partition coefficient (Wildman–Crippen LogP) is 3.91. The molecule has 0 atom stereocenters. The lowest BCUT2D eigenvalue weighted by atomic mass is 10.2. The molecule has 0 aliphatic rings. The smallest absolute Gasteiger partial charge is 0.191 e. The van der Waals surface area contributed by atoms with Crippen LogP contribution in [0.25, 0.3) is 10.6 Å². The minimum Gasteiger partial charge on any atom is -0.214 e. The molecule has 2 rings (SSSR count). The van der Waals surface area contributed by atoms with Gasteiger partial charge in [-0.25, -0.2) is 4.98 Å². The van der Waals surface area contributed by atoms with Gasteiger partial charge in [0.15, 0.2) is 3.95 Å². The molecule has 0 N–H and O–H groups in total. The van der Waals surface area contributed by atoms with Crippen LogP contribution in [0.3, 0.4) is 0 Å². The van der Waals surface area contributed by atoms with Crippen molar-refractivity contribution in [3.8, 4) is 10.6 Å². The number of aromatic nitrogens is 1. The van der Waals surface area contributed by atoms with Crippen molar-refractivity contribution in [1.29, 1.82) is 0 Å². The molecule has 1 heterocycles. The molecule has 0 saturated carbocycles. The van der Waals surface area contributed by atoms with Gasteiger partial charge in [0.05, 0.1) is 0 Å². The third kappa shape index (κ3) is 2.02. The van der Waals surface area contributed by atoms with E-state index in [1.165, 1.54) is 5.56 Å². The molecule has 0 bridgehead atoms. The third-order valence-corrected chi connectivity index (χ3v) is 4.34. The van der Waals surface area contributed by atoms with Gasteiger partial charge in [-0.1, -0.05) is 40.2 Å². The van der Waals surface area contributed by atoms with E-state index in [0.717, 1.165) is 14.5 Å². The first-order valence-corrected chi connectivity index (χ1v) is 6.36. The first kappa shape index (κ1) is 8.99. The summed E-state index contributed by atoms with van der Waals surface area (Å²) in [6.45, 7) is 2.08. The van der Waals surface area contributed by atoms with Gasteiger partial charge in [-0.3, -0.25) is 0 Å². The Morgan fingerprint density at radius 3 is 2.38 bits per heavy atom. The van der Waals surface area contributed by atoms with Crippen LogP contribution in [-0.2, 0) is 0 Å². The molecule has 0 fully saturated rings. The zero-order chi connectivity index (χ0) is 9.26. The molecular formula is C9H7NS3. The second-order valence-electron chi connectivity index (χ2n) is 2.72. The summed E-state index contributed by atoms with van der Waals surface area (Å²) in [4.78, 5) is 4.26. The minimum absolute atomic E-state index is 0.723. The molecule has 1 aromatic carbocycles. The number of rotatable bonds is 1. The van der Waals surface area contributed by atoms with Crippen molar-refractivity contribution in [2.24, 2.45) is 0 Å². The number of benzene rings is 1. The molecule has 0 spiro atoms. The Hall–Kier alpha value is -0.580. The summed E-state index contributed by atoms with van der Waals surface area (Å²) in [6.07, 6.45) is 0. The van der Waals surface area contributed by atoms with E-state index in [1.807, 2.05) is 0 Å². The van der Waals surface area contributed by atoms with Crippen LogP contribution in [-0.4, -0.2) is 4.98 Å². The van der Waals surface area contributed by atoms with E-state index in [9.17, 15) is 0 Å². The van der Waals surface area contributed by atoms with Gasteiger partial charge >= 0.3 is 0 Å². The molecule has 1 nitrogen and oxygen atoms in total. The third-order valence-electron chi connectivity index (χ3n) is 1.68. The summed E-state index contributed by atoms with van der Waals surface area (Å²) in [5.41, 5.74) is 2.42. The van der Waals surface area contributed by atoms with Gasteiger partial charge in [0.2, 0.25) is 0 Å². The standard InChI is InChI=1S/C9H7NS3/c1-6-2-4-7(5-3-6)8-10-9(11)13-12-8/h2-5H,1H3. The van der Waals surface area contributed by atoms with Crippen LogP contribution < -0.4 is 0 Å². The van der Waals surface area contributed by atoms with Crippen molar-refractivity contribution < 1.29 is 0 Å². The van der Waals surface area contributed by atoms with Crippen LogP contribution >= 0.6 is 32.9 Å². The van der Waals surface area contributed by atoms with E-state index in [0.29, 0.717) is 0 Å². The summed E-state index contributed by atoms with van der Waals surface area (Å²) < 4.78 is 0.723. The Balaban J connectivity index is 2.47. The number of nitrogens with zero attached hydrogens (tertiary/aromatic N) is 1. The predicted molar refractivity (Wildman–Crippen MR) is 61.0 cm³/mol. The second-order valence-corrected chi connectivity index (χ2v) is 5.47. The van der Waals surface area contributed by atoms with E-state index in [-0.39, 0.29) is 0 Å². The van der Waals surface area contributed by atoms with E-state index < -0.39 is 0 Å². The highest BCUT2D eigenvalue weighted by molar-refractivity contribution is 7.79. The fraction of sp³-hybridized carbons (Fsp3) is 0.111. The SMILES string of the molecule is Cc1ccc(-c2nc(=S)ss2)cc1. The van der Waals surface area contributed by atoms with E-state index in [4.69, 9.17) is 12.2 Å². The summed E-state index contributed by atoms with van der Waals surface area (Å²) in [6, 6.07) is 8.33. The minimum atomic E-state index is 0.723. The number of hydrogen-bond donors (Lipinski definition) is 0. The molecule has 4 heteroatoms. The highest BCUT2D eigenvalue weighted by atomic mass is 32.9. The molecule has 0 unspecified atom stereocenters. The second kappa shape index (κ2) is 3.65. The van der Waals surface area contributed by atoms with Gasteiger partial charge in [-0.2, -0.15) is 0 Å². The van der Waals surface area contributed by atoms with Crippen LogP contribution in [0, 0.1) is 10.9 Å². The molecular weight excluding hydrogens is 218 g/mol. The Bertz CT molecular complexity index is 452. The zero-order valence-electron chi connectivity index (χ0n) is 6.98. The first-order chi connectivity index (χ1) is 6.25. The van der Waals surface area contributed by atoms with E-state index in [2.05, 4.69) is 36.2 Å². The summed E-state index contributed by atoms with van der Waals surface area (Å²) in [5.74, 6) is 0. The maximum atomic E-state index is 4.98. The fourth-order valence-corrected chi connectivity index (χ4v) is 3.12. The van der Waals surface area contributed by atoms with Crippen LogP contribution in [0.5, 0.6) is 0 Å². The highest BCUT2D eigenvalue weighted by Gasteiger charge is 2.00. The molecule has 0 aliphatic carbocycles. The normalized spacial score (nSPS) is 10.2. The van der Waals surface area contributed by atoms with E-state index in [1.54, 1.807) is 20.7 Å². The Morgan fingerprint density at radius 2 is 1.85 bits per heavy atom. The molecule has 2 aromatic rings. The number of aryl methyl sites for hydroxylation is 1. The Labute approximate surface area is 89.1 Å². The van der Waals surface area contributed by atoms with Crippen LogP contribution in [0.4, 0.5) is 0 Å². The molecule has 0 amide bonds. The van der Waals surface area contributed by atoms with Gasteiger partial charge in [0.25, 0.3) is 0 Å². The van der Waals surface area contributed by atoms with Gasteiger partial charge in [-0.15, -0.1) is 0 Å². The summed E-state index contributed by atoms with van der Waals surface area (Å²) in [5, 5.41) is 1.02. The van der Waals surface area contributed by atoms with Gasteiger partial charge < -0.3 is 0 Å². The van der Waals surface area contributed by atoms with Crippen LogP contribution in [0.2, 0.25) is 0 Å². The van der Waals surface area contributed by atoms with Gasteiger partial charge in [-0.05, 0) is 29.5 Å². The lowest BCUT2D eigenvalue weighted by Crippen LogP contribution is -1.76. The quantitative estimate of drug-likeness (QED) is 0.539. The average Bonchev–Trinajstić information content (AvgIpc) is 2.53. The van der Waals surface area contributed by atoms with Crippen molar-refractivity contribution in [3.63, 3.8) is 0 Å². The zero-order valence-corrected chi connectivity index (χ0v) is 9.43. The molecule has 0 aliphatic heterocycles. The molecule has 0 saturated heterocycles. The maximum absolute atomic E-state index is 4.98. The van der Waals surface area contributed by atoms with Crippen molar-refractivity contribution >= 4 is 32.9 Å². The molecule has 13 heavy (non-hydrogen) atoms. The Kier molecular flexibility index (Phi) is 2.53. The van der Waals surface area contributed by atoms with Crippen molar-refractivity contribution in [2.75, 3.05) is 0 Å². The monoisotopic (exact) mass is 225 g/mol. The lowest BCUT2D eigenvalue weighted by molar-refractivity contribution is 1.40. The van der Waals surface area contributed by atoms with Crippen molar-refractivity contribution in [2.45, 2.75) is 6.92 Å². The van der Waals surface area contributed by atoms with Gasteiger partial charge in [0.1, 0.15) is 5.01 Å². The summed E-state index contributed by atoms with van der Waals surface area (Å²) >= 11 is 4.98. The van der Waals surface area contributed by atoms with Crippen molar-refractivity contribution in [3.05, 3.63) is 33.8 Å². The average molecular weight is 225 g/mol. The lowest BCUT2D eigenvalue weighted by Gasteiger charge is -1.95.